The Hall–Kier alpha value is -0.890. The fourth-order valence-electron chi connectivity index (χ4n) is 3.09. The van der Waals surface area contributed by atoms with Gasteiger partial charge in [0.1, 0.15) is 0 Å². The number of aromatic nitrogens is 1. The zero-order valence-electron chi connectivity index (χ0n) is 11.1. The molecule has 1 atom stereocenters. The van der Waals surface area contributed by atoms with E-state index in [0.29, 0.717) is 6.04 Å². The quantitative estimate of drug-likeness (QED) is 0.859. The molecule has 0 aromatic carbocycles. The molecule has 1 heterocycles. The molecule has 0 spiro atoms. The van der Waals surface area contributed by atoms with Crippen molar-refractivity contribution in [1.29, 1.82) is 0 Å². The topological polar surface area (TPSA) is 24.9 Å². The Balaban J connectivity index is 2.21. The smallest absolute Gasteiger partial charge is 0.0607 e. The highest BCUT2D eigenvalue weighted by atomic mass is 14.9. The van der Waals surface area contributed by atoms with E-state index in [9.17, 15) is 0 Å². The Morgan fingerprint density at radius 3 is 2.76 bits per heavy atom. The van der Waals surface area contributed by atoms with Gasteiger partial charge in [0.15, 0.2) is 0 Å². The first kappa shape index (κ1) is 12.6. The highest BCUT2D eigenvalue weighted by Crippen LogP contribution is 2.34. The van der Waals surface area contributed by atoms with Gasteiger partial charge < -0.3 is 5.32 Å². The van der Waals surface area contributed by atoms with Crippen LogP contribution in [0.1, 0.15) is 56.3 Å². The summed E-state index contributed by atoms with van der Waals surface area (Å²) in [6.07, 6.45) is 9.90. The first-order valence-corrected chi connectivity index (χ1v) is 6.97. The molecule has 1 aromatic rings. The summed E-state index contributed by atoms with van der Waals surface area (Å²) in [6.45, 7) is 2.22. The molecule has 1 unspecified atom stereocenters. The van der Waals surface area contributed by atoms with Crippen molar-refractivity contribution in [2.75, 3.05) is 7.05 Å². The Labute approximate surface area is 105 Å². The van der Waals surface area contributed by atoms with Gasteiger partial charge in [-0.1, -0.05) is 32.3 Å². The van der Waals surface area contributed by atoms with Gasteiger partial charge in [-0.2, -0.15) is 0 Å². The van der Waals surface area contributed by atoms with E-state index in [1.54, 1.807) is 0 Å². The number of rotatable bonds is 4. The number of nitrogens with zero attached hydrogens (tertiary/aromatic N) is 1. The van der Waals surface area contributed by atoms with Crippen molar-refractivity contribution >= 4 is 0 Å². The molecule has 0 amide bonds. The van der Waals surface area contributed by atoms with Crippen LogP contribution < -0.4 is 5.32 Å². The average Bonchev–Trinajstić information content (AvgIpc) is 2.41. The van der Waals surface area contributed by atoms with Crippen LogP contribution in [0.5, 0.6) is 0 Å². The molecule has 94 valence electrons. The molecule has 1 aliphatic rings. The fraction of sp³-hybridized carbons (Fsp3) is 0.667. The van der Waals surface area contributed by atoms with Crippen molar-refractivity contribution in [3.05, 3.63) is 29.6 Å². The summed E-state index contributed by atoms with van der Waals surface area (Å²) in [7, 11) is 2.08. The SMILES string of the molecule is CCc1cccnc1C(NC)C1CCCCC1. The van der Waals surface area contributed by atoms with Gasteiger partial charge in [0, 0.05) is 6.20 Å². The van der Waals surface area contributed by atoms with Crippen molar-refractivity contribution in [3.8, 4) is 0 Å². The number of aryl methyl sites for hydroxylation is 1. The Morgan fingerprint density at radius 1 is 1.35 bits per heavy atom. The fourth-order valence-corrected chi connectivity index (χ4v) is 3.09. The second-order valence-corrected chi connectivity index (χ2v) is 5.07. The van der Waals surface area contributed by atoms with Crippen molar-refractivity contribution in [3.63, 3.8) is 0 Å². The summed E-state index contributed by atoms with van der Waals surface area (Å²) in [4.78, 5) is 4.63. The zero-order valence-corrected chi connectivity index (χ0v) is 11.1. The lowest BCUT2D eigenvalue weighted by molar-refractivity contribution is 0.277. The third kappa shape index (κ3) is 2.86. The number of hydrogen-bond donors (Lipinski definition) is 1. The summed E-state index contributed by atoms with van der Waals surface area (Å²) < 4.78 is 0. The largest absolute Gasteiger partial charge is 0.311 e. The molecule has 0 saturated heterocycles. The summed E-state index contributed by atoms with van der Waals surface area (Å²) in [5.41, 5.74) is 2.68. The number of nitrogens with one attached hydrogen (secondary N) is 1. The molecule has 1 fully saturated rings. The first-order valence-electron chi connectivity index (χ1n) is 6.97. The van der Waals surface area contributed by atoms with Crippen LogP contribution in [0.3, 0.4) is 0 Å². The molecule has 2 rings (SSSR count). The van der Waals surface area contributed by atoms with E-state index in [-0.39, 0.29) is 0 Å². The van der Waals surface area contributed by atoms with E-state index in [1.807, 2.05) is 6.20 Å². The molecular weight excluding hydrogens is 208 g/mol. The molecule has 1 N–H and O–H groups in total. The molecule has 1 saturated carbocycles. The predicted molar refractivity (Wildman–Crippen MR) is 72.0 cm³/mol. The van der Waals surface area contributed by atoms with Gasteiger partial charge in [0.25, 0.3) is 0 Å². The van der Waals surface area contributed by atoms with E-state index < -0.39 is 0 Å². The molecule has 1 aliphatic carbocycles. The van der Waals surface area contributed by atoms with Gasteiger partial charge in [0.2, 0.25) is 0 Å². The molecule has 17 heavy (non-hydrogen) atoms. The summed E-state index contributed by atoms with van der Waals surface area (Å²) in [5.74, 6) is 0.772. The minimum atomic E-state index is 0.450. The maximum atomic E-state index is 4.63. The third-order valence-corrected chi connectivity index (χ3v) is 4.03. The van der Waals surface area contributed by atoms with Gasteiger partial charge in [-0.05, 0) is 43.9 Å². The van der Waals surface area contributed by atoms with Crippen LogP contribution in [-0.2, 0) is 6.42 Å². The van der Waals surface area contributed by atoms with E-state index in [2.05, 4.69) is 36.4 Å². The van der Waals surface area contributed by atoms with E-state index in [0.717, 1.165) is 12.3 Å². The van der Waals surface area contributed by atoms with Crippen LogP contribution in [0, 0.1) is 5.92 Å². The lowest BCUT2D eigenvalue weighted by Crippen LogP contribution is -2.28. The molecule has 0 radical (unpaired) electrons. The first-order chi connectivity index (χ1) is 8.36. The van der Waals surface area contributed by atoms with E-state index in [4.69, 9.17) is 0 Å². The van der Waals surface area contributed by atoms with Gasteiger partial charge in [0.05, 0.1) is 11.7 Å². The van der Waals surface area contributed by atoms with Crippen LogP contribution in [0.2, 0.25) is 0 Å². The van der Waals surface area contributed by atoms with Gasteiger partial charge in [-0.25, -0.2) is 0 Å². The van der Waals surface area contributed by atoms with Crippen molar-refractivity contribution in [2.45, 2.75) is 51.5 Å². The van der Waals surface area contributed by atoms with Crippen LogP contribution in [0.15, 0.2) is 18.3 Å². The minimum absolute atomic E-state index is 0.450. The van der Waals surface area contributed by atoms with Gasteiger partial charge in [-0.15, -0.1) is 0 Å². The molecular formula is C15H24N2. The van der Waals surface area contributed by atoms with Crippen LogP contribution >= 0.6 is 0 Å². The molecule has 0 aliphatic heterocycles. The summed E-state index contributed by atoms with van der Waals surface area (Å²) in [5, 5.41) is 3.50. The molecule has 1 aromatic heterocycles. The Kier molecular flexibility index (Phi) is 4.55. The summed E-state index contributed by atoms with van der Waals surface area (Å²) >= 11 is 0. The molecule has 2 heteroatoms. The van der Waals surface area contributed by atoms with Crippen LogP contribution in [0.25, 0.3) is 0 Å². The Bertz CT molecular complexity index is 343. The van der Waals surface area contributed by atoms with E-state index >= 15 is 0 Å². The lowest BCUT2D eigenvalue weighted by atomic mass is 9.81. The highest BCUT2D eigenvalue weighted by molar-refractivity contribution is 5.23. The number of pyridine rings is 1. The van der Waals surface area contributed by atoms with Crippen LogP contribution in [0.4, 0.5) is 0 Å². The minimum Gasteiger partial charge on any atom is -0.311 e. The summed E-state index contributed by atoms with van der Waals surface area (Å²) in [6, 6.07) is 4.72. The predicted octanol–water partition coefficient (Wildman–Crippen LogP) is 3.48. The monoisotopic (exact) mass is 232 g/mol. The van der Waals surface area contributed by atoms with Crippen molar-refractivity contribution < 1.29 is 0 Å². The maximum Gasteiger partial charge on any atom is 0.0607 e. The number of hydrogen-bond acceptors (Lipinski definition) is 2. The third-order valence-electron chi connectivity index (χ3n) is 4.03. The van der Waals surface area contributed by atoms with Crippen molar-refractivity contribution in [1.82, 2.24) is 10.3 Å². The zero-order chi connectivity index (χ0) is 12.1. The molecule has 2 nitrogen and oxygen atoms in total. The normalized spacial score (nSPS) is 19.2. The standard InChI is InChI=1S/C15H24N2/c1-3-12-10-7-11-17-15(12)14(16-2)13-8-5-4-6-9-13/h7,10-11,13-14,16H,3-6,8-9H2,1-2H3. The van der Waals surface area contributed by atoms with Gasteiger partial charge in [-0.3, -0.25) is 4.98 Å². The molecule has 0 bridgehead atoms. The second kappa shape index (κ2) is 6.15. The van der Waals surface area contributed by atoms with Crippen LogP contribution in [-0.4, -0.2) is 12.0 Å². The average molecular weight is 232 g/mol. The van der Waals surface area contributed by atoms with Gasteiger partial charge >= 0.3 is 0 Å². The van der Waals surface area contributed by atoms with E-state index in [1.165, 1.54) is 43.4 Å². The second-order valence-electron chi connectivity index (χ2n) is 5.07. The maximum absolute atomic E-state index is 4.63. The highest BCUT2D eigenvalue weighted by Gasteiger charge is 2.25. The Morgan fingerprint density at radius 2 is 2.12 bits per heavy atom. The lowest BCUT2D eigenvalue weighted by Gasteiger charge is -2.30. The van der Waals surface area contributed by atoms with Crippen molar-refractivity contribution in [2.24, 2.45) is 5.92 Å².